The Balaban J connectivity index is 0.000000284. The largest absolute Gasteiger partial charge is 0.781 e. The molecule has 2 rings (SSSR count). The van der Waals surface area contributed by atoms with Gasteiger partial charge in [0.2, 0.25) is 0 Å². The Morgan fingerprint density at radius 1 is 0.471 bits per heavy atom. The number of hydrogen-bond acceptors (Lipinski definition) is 4. The Kier molecular flexibility index (Phi) is 8.78. The van der Waals surface area contributed by atoms with E-state index in [0.29, 0.717) is 0 Å². The maximum absolute atomic E-state index is 4.85. The molecular weight excluding hydrogens is 336 g/mol. The summed E-state index contributed by atoms with van der Waals surface area (Å²) in [6.45, 7) is 0. The Hall–Kier alpha value is -0.161. The van der Waals surface area contributed by atoms with Crippen molar-refractivity contribution in [3.8, 4) is 0 Å². The van der Waals surface area contributed by atoms with Crippen LogP contribution in [0, 0.1) is 0 Å². The number of rotatable bonds is 0. The molecule has 2 aromatic rings. The van der Waals surface area contributed by atoms with Crippen molar-refractivity contribution in [1.82, 2.24) is 0 Å². The van der Waals surface area contributed by atoms with Gasteiger partial charge in [0.15, 0.2) is 0 Å². The van der Waals surface area contributed by atoms with Crippen LogP contribution in [0.5, 0.6) is 0 Å². The first-order chi connectivity index (χ1) is 7.61. The van der Waals surface area contributed by atoms with Gasteiger partial charge in [-0.2, -0.15) is 19.6 Å². The van der Waals surface area contributed by atoms with E-state index in [2.05, 4.69) is 0 Å². The molecule has 0 nitrogen and oxygen atoms in total. The van der Waals surface area contributed by atoms with E-state index in [-0.39, 0.29) is 17.1 Å². The Morgan fingerprint density at radius 3 is 0.765 bits per heavy atom. The van der Waals surface area contributed by atoms with Crippen LogP contribution in [0.1, 0.15) is 0 Å². The molecule has 0 aliphatic rings. The fourth-order valence-corrected chi connectivity index (χ4v) is 1.49. The average Bonchev–Trinajstić information content (AvgIpc) is 2.28. The van der Waals surface area contributed by atoms with Gasteiger partial charge in [-0.05, 0) is 0 Å². The van der Waals surface area contributed by atoms with Gasteiger partial charge in [-0.3, -0.25) is 0 Å². The standard InChI is InChI=1S/2C6H6S2.Cu/c2*7-5-3-1-2-4-6(5)8;/h2*1-4,7-8H;/p-4. The SMILES string of the molecule is [Cu].[S-]c1ccccc1[S-].[S-]c1ccccc1[S-]. The van der Waals surface area contributed by atoms with Crippen molar-refractivity contribution in [2.24, 2.45) is 0 Å². The third-order valence-electron chi connectivity index (χ3n) is 1.70. The zero-order valence-electron chi connectivity index (χ0n) is 8.55. The van der Waals surface area contributed by atoms with E-state index in [9.17, 15) is 0 Å². The van der Waals surface area contributed by atoms with Crippen LogP contribution in [0.4, 0.5) is 0 Å². The summed E-state index contributed by atoms with van der Waals surface area (Å²) < 4.78 is 0. The van der Waals surface area contributed by atoms with Crippen LogP contribution in [0.3, 0.4) is 0 Å². The van der Waals surface area contributed by atoms with Crippen LogP contribution in [0.2, 0.25) is 0 Å². The molecular formula is C12H8CuS4-4. The molecule has 0 aliphatic heterocycles. The molecule has 0 saturated carbocycles. The van der Waals surface area contributed by atoms with E-state index in [1.165, 1.54) is 0 Å². The van der Waals surface area contributed by atoms with Crippen LogP contribution in [-0.2, 0) is 67.6 Å². The molecule has 0 spiro atoms. The zero-order valence-corrected chi connectivity index (χ0v) is 12.8. The average molecular weight is 344 g/mol. The summed E-state index contributed by atoms with van der Waals surface area (Å²) in [4.78, 5) is 3.06. The molecule has 1 radical (unpaired) electrons. The second-order valence-corrected chi connectivity index (χ2v) is 4.65. The first kappa shape index (κ1) is 16.8. The minimum atomic E-state index is 0. The normalized spacial score (nSPS) is 8.47. The Labute approximate surface area is 135 Å². The Bertz CT molecular complexity index is 374. The van der Waals surface area contributed by atoms with Gasteiger partial charge in [0.05, 0.1) is 0 Å². The van der Waals surface area contributed by atoms with Gasteiger partial charge in [-0.25, -0.2) is 0 Å². The molecule has 0 saturated heterocycles. The quantitative estimate of drug-likeness (QED) is 0.532. The molecule has 0 unspecified atom stereocenters. The summed E-state index contributed by atoms with van der Waals surface area (Å²) in [5.41, 5.74) is 0. The summed E-state index contributed by atoms with van der Waals surface area (Å²) in [5.74, 6) is 0. The summed E-state index contributed by atoms with van der Waals surface area (Å²) in [5, 5.41) is 0. The predicted molar refractivity (Wildman–Crippen MR) is 75.4 cm³/mol. The molecule has 0 N–H and O–H groups in total. The van der Waals surface area contributed by atoms with E-state index >= 15 is 0 Å². The zero-order chi connectivity index (χ0) is 12.0. The molecule has 0 amide bonds. The summed E-state index contributed by atoms with van der Waals surface area (Å²) in [7, 11) is 0. The van der Waals surface area contributed by atoms with Crippen molar-refractivity contribution >= 4 is 50.5 Å². The Morgan fingerprint density at radius 2 is 0.647 bits per heavy atom. The fourth-order valence-electron chi connectivity index (χ4n) is 0.900. The van der Waals surface area contributed by atoms with Crippen molar-refractivity contribution in [2.45, 2.75) is 19.6 Å². The molecule has 0 bridgehead atoms. The van der Waals surface area contributed by atoms with Crippen LogP contribution < -0.4 is 0 Å². The van der Waals surface area contributed by atoms with Crippen molar-refractivity contribution in [1.29, 1.82) is 0 Å². The van der Waals surface area contributed by atoms with Crippen molar-refractivity contribution in [2.75, 3.05) is 0 Å². The molecule has 0 fully saturated rings. The topological polar surface area (TPSA) is 0 Å². The van der Waals surface area contributed by atoms with E-state index < -0.39 is 0 Å². The number of hydrogen-bond donors (Lipinski definition) is 0. The maximum Gasteiger partial charge on any atom is 0 e. The van der Waals surface area contributed by atoms with Gasteiger partial charge in [-0.15, -0.1) is 0 Å². The van der Waals surface area contributed by atoms with Crippen LogP contribution in [0.25, 0.3) is 0 Å². The molecule has 17 heavy (non-hydrogen) atoms. The smallest absolute Gasteiger partial charge is 0 e. The van der Waals surface area contributed by atoms with Gasteiger partial charge in [0, 0.05) is 17.1 Å². The minimum Gasteiger partial charge on any atom is -0.781 e. The van der Waals surface area contributed by atoms with Crippen molar-refractivity contribution in [3.63, 3.8) is 0 Å². The first-order valence-corrected chi connectivity index (χ1v) is 6.10. The molecule has 0 aromatic heterocycles. The molecule has 2 aromatic carbocycles. The van der Waals surface area contributed by atoms with Crippen molar-refractivity contribution in [3.05, 3.63) is 48.5 Å². The summed E-state index contributed by atoms with van der Waals surface area (Å²) in [6.07, 6.45) is 0. The van der Waals surface area contributed by atoms with Crippen LogP contribution in [-0.4, -0.2) is 0 Å². The van der Waals surface area contributed by atoms with Gasteiger partial charge < -0.3 is 50.5 Å². The third kappa shape index (κ3) is 6.36. The molecule has 0 heterocycles. The second-order valence-electron chi connectivity index (χ2n) is 2.89. The fraction of sp³-hybridized carbons (Fsp3) is 0. The summed E-state index contributed by atoms with van der Waals surface area (Å²) >= 11 is 19.4. The predicted octanol–water partition coefficient (Wildman–Crippen LogP) is 2.99. The summed E-state index contributed by atoms with van der Waals surface area (Å²) in [6, 6.07) is 14.9. The molecule has 0 atom stereocenters. The molecule has 5 heteroatoms. The van der Waals surface area contributed by atoms with E-state index in [1.807, 2.05) is 48.5 Å². The van der Waals surface area contributed by atoms with Gasteiger partial charge in [0.25, 0.3) is 0 Å². The van der Waals surface area contributed by atoms with Crippen molar-refractivity contribution < 1.29 is 17.1 Å². The van der Waals surface area contributed by atoms with E-state index in [0.717, 1.165) is 19.6 Å². The van der Waals surface area contributed by atoms with Gasteiger partial charge in [0.1, 0.15) is 0 Å². The van der Waals surface area contributed by atoms with E-state index in [4.69, 9.17) is 50.5 Å². The van der Waals surface area contributed by atoms with E-state index in [1.54, 1.807) is 0 Å². The third-order valence-corrected chi connectivity index (χ3v) is 3.38. The second kappa shape index (κ2) is 8.86. The first-order valence-electron chi connectivity index (χ1n) is 4.47. The minimum absolute atomic E-state index is 0. The molecule has 95 valence electrons. The maximum atomic E-state index is 4.85. The van der Waals surface area contributed by atoms with Crippen LogP contribution >= 0.6 is 0 Å². The number of benzene rings is 2. The van der Waals surface area contributed by atoms with Crippen LogP contribution in [0.15, 0.2) is 68.1 Å². The monoisotopic (exact) mass is 343 g/mol. The van der Waals surface area contributed by atoms with Gasteiger partial charge in [-0.1, -0.05) is 48.5 Å². The molecule has 0 aliphatic carbocycles. The van der Waals surface area contributed by atoms with Gasteiger partial charge >= 0.3 is 0 Å².